The molecular formula is C8H14FN5. The van der Waals surface area contributed by atoms with Crippen LogP contribution < -0.4 is 10.6 Å². The fourth-order valence-electron chi connectivity index (χ4n) is 1.60. The second kappa shape index (κ2) is 4.02. The van der Waals surface area contributed by atoms with Gasteiger partial charge in [0.05, 0.1) is 12.6 Å². The molecule has 0 spiro atoms. The molecule has 0 aliphatic carbocycles. The molecule has 2 rings (SSSR count). The zero-order valence-electron chi connectivity index (χ0n) is 8.05. The van der Waals surface area contributed by atoms with Crippen LogP contribution in [0.15, 0.2) is 0 Å². The Bertz CT molecular complexity index is 300. The van der Waals surface area contributed by atoms with Crippen LogP contribution in [0.4, 0.5) is 4.39 Å². The lowest BCUT2D eigenvalue weighted by atomic mass is 10.2. The number of alkyl halides is 1. The molecule has 1 aromatic rings. The highest BCUT2D eigenvalue weighted by atomic mass is 19.1. The topological polar surface area (TPSA) is 65.6 Å². The van der Waals surface area contributed by atoms with Gasteiger partial charge in [-0.3, -0.25) is 5.10 Å². The molecule has 6 heteroatoms. The van der Waals surface area contributed by atoms with Crippen LogP contribution in [0.5, 0.6) is 0 Å². The van der Waals surface area contributed by atoms with Crippen molar-refractivity contribution in [1.82, 2.24) is 25.8 Å². The molecule has 2 atom stereocenters. The van der Waals surface area contributed by atoms with E-state index in [1.54, 1.807) is 0 Å². The van der Waals surface area contributed by atoms with Crippen LogP contribution >= 0.6 is 0 Å². The maximum atomic E-state index is 12.9. The number of hydrogen-bond acceptors (Lipinski definition) is 4. The first-order chi connectivity index (χ1) is 6.79. The summed E-state index contributed by atoms with van der Waals surface area (Å²) >= 11 is 0. The second-order valence-corrected chi connectivity index (χ2v) is 3.46. The summed E-state index contributed by atoms with van der Waals surface area (Å²) in [6.07, 6.45) is -0.303. The van der Waals surface area contributed by atoms with Gasteiger partial charge in [-0.25, -0.2) is 9.37 Å². The van der Waals surface area contributed by atoms with Gasteiger partial charge in [0, 0.05) is 13.0 Å². The second-order valence-electron chi connectivity index (χ2n) is 3.46. The van der Waals surface area contributed by atoms with Crippen molar-refractivity contribution in [3.05, 3.63) is 11.6 Å². The maximum Gasteiger partial charge on any atom is 0.167 e. The SMILES string of the molecule is CNCc1nc([C@H]2C[C@H](F)CN2)n[nH]1. The average Bonchev–Trinajstić information content (AvgIpc) is 2.74. The maximum absolute atomic E-state index is 12.9. The predicted octanol–water partition coefficient (Wildman–Crippen LogP) is -0.103. The molecule has 0 radical (unpaired) electrons. The summed E-state index contributed by atoms with van der Waals surface area (Å²) in [7, 11) is 1.84. The van der Waals surface area contributed by atoms with E-state index in [9.17, 15) is 4.39 Å². The van der Waals surface area contributed by atoms with Crippen LogP contribution in [0.1, 0.15) is 24.1 Å². The Hall–Kier alpha value is -1.01. The minimum Gasteiger partial charge on any atom is -0.313 e. The molecule has 1 aliphatic heterocycles. The standard InChI is InChI=1S/C8H14FN5/c1-10-4-7-12-8(14-13-7)6-2-5(9)3-11-6/h5-6,10-11H,2-4H2,1H3,(H,12,13,14)/t5-,6+/m0/s1. The number of hydrogen-bond donors (Lipinski definition) is 3. The lowest BCUT2D eigenvalue weighted by Gasteiger charge is -2.02. The Labute approximate surface area is 81.5 Å². The number of aromatic amines is 1. The van der Waals surface area contributed by atoms with Crippen LogP contribution in [-0.2, 0) is 6.54 Å². The van der Waals surface area contributed by atoms with E-state index in [1.165, 1.54) is 0 Å². The molecule has 2 heterocycles. The Morgan fingerprint density at radius 1 is 1.64 bits per heavy atom. The van der Waals surface area contributed by atoms with Gasteiger partial charge in [0.25, 0.3) is 0 Å². The van der Waals surface area contributed by atoms with Gasteiger partial charge >= 0.3 is 0 Å². The highest BCUT2D eigenvalue weighted by Crippen LogP contribution is 2.21. The fraction of sp³-hybridized carbons (Fsp3) is 0.750. The van der Waals surface area contributed by atoms with Crippen molar-refractivity contribution < 1.29 is 4.39 Å². The summed E-state index contributed by atoms with van der Waals surface area (Å²) in [6.45, 7) is 1.05. The molecule has 1 fully saturated rings. The first kappa shape index (κ1) is 9.54. The molecule has 0 amide bonds. The summed E-state index contributed by atoms with van der Waals surface area (Å²) in [5, 5.41) is 12.9. The molecular weight excluding hydrogens is 185 g/mol. The molecule has 1 aliphatic rings. The molecule has 5 nitrogen and oxygen atoms in total. The normalized spacial score (nSPS) is 27.0. The third-order valence-electron chi connectivity index (χ3n) is 2.28. The predicted molar refractivity (Wildman–Crippen MR) is 49.4 cm³/mol. The van der Waals surface area contributed by atoms with E-state index >= 15 is 0 Å². The Balaban J connectivity index is 2.02. The van der Waals surface area contributed by atoms with E-state index in [1.807, 2.05) is 7.05 Å². The lowest BCUT2D eigenvalue weighted by Crippen LogP contribution is -2.15. The molecule has 78 valence electrons. The van der Waals surface area contributed by atoms with E-state index in [4.69, 9.17) is 0 Å². The Morgan fingerprint density at radius 2 is 2.50 bits per heavy atom. The summed E-state index contributed by atoms with van der Waals surface area (Å²) in [4.78, 5) is 4.26. The van der Waals surface area contributed by atoms with E-state index < -0.39 is 6.17 Å². The zero-order chi connectivity index (χ0) is 9.97. The molecule has 0 bridgehead atoms. The van der Waals surface area contributed by atoms with Crippen molar-refractivity contribution >= 4 is 0 Å². The zero-order valence-corrected chi connectivity index (χ0v) is 8.05. The molecule has 0 aromatic carbocycles. The van der Waals surface area contributed by atoms with Crippen molar-refractivity contribution in [2.75, 3.05) is 13.6 Å². The monoisotopic (exact) mass is 199 g/mol. The third-order valence-corrected chi connectivity index (χ3v) is 2.28. The highest BCUT2D eigenvalue weighted by molar-refractivity contribution is 5.00. The van der Waals surface area contributed by atoms with Crippen LogP contribution in [-0.4, -0.2) is 34.9 Å². The van der Waals surface area contributed by atoms with Gasteiger partial charge < -0.3 is 10.6 Å². The number of aromatic nitrogens is 3. The Kier molecular flexibility index (Phi) is 2.74. The van der Waals surface area contributed by atoms with Gasteiger partial charge in [-0.15, -0.1) is 0 Å². The first-order valence-electron chi connectivity index (χ1n) is 4.73. The van der Waals surface area contributed by atoms with Gasteiger partial charge in [0.15, 0.2) is 5.82 Å². The smallest absolute Gasteiger partial charge is 0.167 e. The van der Waals surface area contributed by atoms with Crippen molar-refractivity contribution in [2.45, 2.75) is 25.2 Å². The number of rotatable bonds is 3. The number of H-pyrrole nitrogens is 1. The highest BCUT2D eigenvalue weighted by Gasteiger charge is 2.27. The van der Waals surface area contributed by atoms with Crippen molar-refractivity contribution in [1.29, 1.82) is 0 Å². The van der Waals surface area contributed by atoms with Gasteiger partial charge in [0.1, 0.15) is 12.0 Å². The minimum absolute atomic E-state index is 0.0353. The van der Waals surface area contributed by atoms with E-state index in [-0.39, 0.29) is 6.04 Å². The van der Waals surface area contributed by atoms with E-state index in [0.717, 1.165) is 5.82 Å². The number of nitrogens with one attached hydrogen (secondary N) is 3. The molecule has 0 unspecified atom stereocenters. The number of nitrogens with zero attached hydrogens (tertiary/aromatic N) is 2. The van der Waals surface area contributed by atoms with Crippen LogP contribution in [0.25, 0.3) is 0 Å². The van der Waals surface area contributed by atoms with Gasteiger partial charge in [-0.1, -0.05) is 0 Å². The summed E-state index contributed by atoms with van der Waals surface area (Å²) in [6, 6.07) is -0.0353. The Morgan fingerprint density at radius 3 is 3.14 bits per heavy atom. The van der Waals surface area contributed by atoms with E-state index in [0.29, 0.717) is 25.3 Å². The van der Waals surface area contributed by atoms with Crippen LogP contribution in [0.2, 0.25) is 0 Å². The molecule has 14 heavy (non-hydrogen) atoms. The van der Waals surface area contributed by atoms with Gasteiger partial charge in [0.2, 0.25) is 0 Å². The van der Waals surface area contributed by atoms with Crippen LogP contribution in [0, 0.1) is 0 Å². The lowest BCUT2D eigenvalue weighted by molar-refractivity contribution is 0.355. The van der Waals surface area contributed by atoms with Crippen LogP contribution in [0.3, 0.4) is 0 Å². The van der Waals surface area contributed by atoms with Gasteiger partial charge in [-0.05, 0) is 7.05 Å². The largest absolute Gasteiger partial charge is 0.313 e. The van der Waals surface area contributed by atoms with Crippen molar-refractivity contribution in [3.8, 4) is 0 Å². The summed E-state index contributed by atoms with van der Waals surface area (Å²) in [5.74, 6) is 1.45. The molecule has 1 saturated heterocycles. The summed E-state index contributed by atoms with van der Waals surface area (Å²) < 4.78 is 12.9. The fourth-order valence-corrected chi connectivity index (χ4v) is 1.60. The molecule has 1 aromatic heterocycles. The molecule has 3 N–H and O–H groups in total. The quantitative estimate of drug-likeness (QED) is 0.636. The first-order valence-corrected chi connectivity index (χ1v) is 4.73. The van der Waals surface area contributed by atoms with Gasteiger partial charge in [-0.2, -0.15) is 5.10 Å². The van der Waals surface area contributed by atoms with E-state index in [2.05, 4.69) is 25.8 Å². The van der Waals surface area contributed by atoms with Crippen molar-refractivity contribution in [2.24, 2.45) is 0 Å². The number of halogens is 1. The third kappa shape index (κ3) is 1.91. The minimum atomic E-state index is -0.772. The molecule has 0 saturated carbocycles. The summed E-state index contributed by atoms with van der Waals surface area (Å²) in [5.41, 5.74) is 0. The van der Waals surface area contributed by atoms with Crippen molar-refractivity contribution in [3.63, 3.8) is 0 Å². The average molecular weight is 199 g/mol.